The molecule has 20 heavy (non-hydrogen) atoms. The number of rotatable bonds is 10. The second kappa shape index (κ2) is 9.50. The first kappa shape index (κ1) is 16.7. The molecular formula is C14H25N3O3. The Balaban J connectivity index is 2.37. The summed E-state index contributed by atoms with van der Waals surface area (Å²) in [4.78, 5) is 8.78. The average Bonchev–Trinajstić information content (AvgIpc) is 2.46. The first-order valence-electron chi connectivity index (χ1n) is 6.93. The van der Waals surface area contributed by atoms with E-state index in [9.17, 15) is 0 Å². The van der Waals surface area contributed by atoms with Crippen molar-refractivity contribution in [3.05, 3.63) is 11.9 Å². The molecule has 1 aromatic heterocycles. The van der Waals surface area contributed by atoms with Crippen LogP contribution in [-0.4, -0.2) is 50.6 Å². The molecule has 1 rings (SSSR count). The van der Waals surface area contributed by atoms with Crippen molar-refractivity contribution in [3.63, 3.8) is 0 Å². The first-order valence-corrected chi connectivity index (χ1v) is 6.93. The predicted octanol–water partition coefficient (Wildman–Crippen LogP) is 2.07. The van der Waals surface area contributed by atoms with Crippen molar-refractivity contribution in [2.45, 2.75) is 26.2 Å². The van der Waals surface area contributed by atoms with E-state index in [4.69, 9.17) is 14.2 Å². The van der Waals surface area contributed by atoms with E-state index in [-0.39, 0.29) is 5.92 Å². The summed E-state index contributed by atoms with van der Waals surface area (Å²) in [5, 5.41) is 3.02. The van der Waals surface area contributed by atoms with Crippen LogP contribution in [0.25, 0.3) is 0 Å². The summed E-state index contributed by atoms with van der Waals surface area (Å²) in [6.45, 7) is 6.58. The second-order valence-electron chi connectivity index (χ2n) is 4.66. The fourth-order valence-corrected chi connectivity index (χ4v) is 1.49. The van der Waals surface area contributed by atoms with Gasteiger partial charge in [-0.1, -0.05) is 13.8 Å². The van der Waals surface area contributed by atoms with Crippen molar-refractivity contribution in [3.8, 4) is 5.88 Å². The maximum atomic E-state index is 5.64. The minimum atomic E-state index is 0.267. The molecule has 114 valence electrons. The number of nitrogens with zero attached hydrogens (tertiary/aromatic N) is 2. The third-order valence-corrected chi connectivity index (χ3v) is 2.61. The summed E-state index contributed by atoms with van der Waals surface area (Å²) in [6, 6.07) is 1.80. The van der Waals surface area contributed by atoms with E-state index in [1.54, 1.807) is 13.2 Å². The van der Waals surface area contributed by atoms with Gasteiger partial charge in [-0.15, -0.1) is 0 Å². The molecule has 1 aromatic rings. The Morgan fingerprint density at radius 1 is 1.15 bits per heavy atom. The molecule has 6 nitrogen and oxygen atoms in total. The van der Waals surface area contributed by atoms with Crippen LogP contribution in [0.4, 0.5) is 5.82 Å². The fourth-order valence-electron chi connectivity index (χ4n) is 1.49. The molecule has 1 heterocycles. The van der Waals surface area contributed by atoms with E-state index in [0.29, 0.717) is 32.3 Å². The number of hydrogen-bond acceptors (Lipinski definition) is 6. The molecule has 0 aromatic carbocycles. The van der Waals surface area contributed by atoms with E-state index in [2.05, 4.69) is 29.1 Å². The van der Waals surface area contributed by atoms with Gasteiger partial charge in [0.1, 0.15) is 11.6 Å². The maximum absolute atomic E-state index is 5.64. The van der Waals surface area contributed by atoms with Gasteiger partial charge >= 0.3 is 0 Å². The summed E-state index contributed by atoms with van der Waals surface area (Å²) in [7, 11) is 3.49. The number of aromatic nitrogens is 2. The molecule has 0 radical (unpaired) electrons. The topological polar surface area (TPSA) is 65.5 Å². The van der Waals surface area contributed by atoms with Crippen LogP contribution in [0.5, 0.6) is 5.88 Å². The van der Waals surface area contributed by atoms with E-state index >= 15 is 0 Å². The monoisotopic (exact) mass is 283 g/mol. The molecule has 0 unspecified atom stereocenters. The van der Waals surface area contributed by atoms with Crippen LogP contribution in [-0.2, 0) is 9.47 Å². The van der Waals surface area contributed by atoms with Gasteiger partial charge in [0, 0.05) is 39.2 Å². The van der Waals surface area contributed by atoms with Gasteiger partial charge in [0.05, 0.1) is 19.8 Å². The highest BCUT2D eigenvalue weighted by Gasteiger charge is 2.08. The molecule has 0 atom stereocenters. The third kappa shape index (κ3) is 6.16. The van der Waals surface area contributed by atoms with Crippen LogP contribution in [0.15, 0.2) is 6.07 Å². The second-order valence-corrected chi connectivity index (χ2v) is 4.66. The van der Waals surface area contributed by atoms with E-state index in [1.807, 2.05) is 7.05 Å². The van der Waals surface area contributed by atoms with Gasteiger partial charge in [0.25, 0.3) is 0 Å². The lowest BCUT2D eigenvalue weighted by atomic mass is 10.2. The lowest BCUT2D eigenvalue weighted by molar-refractivity contribution is 0.0642. The first-order chi connectivity index (χ1) is 9.67. The highest BCUT2D eigenvalue weighted by molar-refractivity contribution is 5.38. The molecule has 0 aliphatic heterocycles. The number of anilines is 1. The van der Waals surface area contributed by atoms with Crippen molar-refractivity contribution in [2.24, 2.45) is 0 Å². The van der Waals surface area contributed by atoms with Gasteiger partial charge in [-0.25, -0.2) is 4.98 Å². The number of methoxy groups -OCH3 is 1. The molecule has 1 N–H and O–H groups in total. The average molecular weight is 283 g/mol. The Morgan fingerprint density at radius 3 is 2.60 bits per heavy atom. The molecule has 0 aliphatic carbocycles. The number of hydrogen-bond donors (Lipinski definition) is 1. The van der Waals surface area contributed by atoms with Crippen LogP contribution in [0.3, 0.4) is 0 Å². The molecule has 6 heteroatoms. The zero-order chi connectivity index (χ0) is 14.8. The third-order valence-electron chi connectivity index (χ3n) is 2.61. The molecular weight excluding hydrogens is 258 g/mol. The molecule has 0 fully saturated rings. The molecule has 0 amide bonds. The molecule has 0 spiro atoms. The molecule has 0 saturated carbocycles. The lowest BCUT2D eigenvalue weighted by Crippen LogP contribution is -2.09. The lowest BCUT2D eigenvalue weighted by Gasteiger charge is -2.11. The summed E-state index contributed by atoms with van der Waals surface area (Å²) in [5.74, 6) is 2.42. The van der Waals surface area contributed by atoms with Crippen LogP contribution in [0.2, 0.25) is 0 Å². The molecule has 0 saturated heterocycles. The van der Waals surface area contributed by atoms with Crippen molar-refractivity contribution < 1.29 is 14.2 Å². The van der Waals surface area contributed by atoms with Gasteiger partial charge < -0.3 is 19.5 Å². The van der Waals surface area contributed by atoms with Crippen LogP contribution in [0, 0.1) is 0 Å². The van der Waals surface area contributed by atoms with Gasteiger partial charge in [0.15, 0.2) is 0 Å². The quantitative estimate of drug-likeness (QED) is 0.663. The number of nitrogens with one attached hydrogen (secondary N) is 1. The van der Waals surface area contributed by atoms with Crippen molar-refractivity contribution in [1.82, 2.24) is 9.97 Å². The standard InChI is InChI=1S/C14H25N3O3/c1-11(2)14-16-12(15-3)10-13(17-14)20-7-5-6-19-9-8-18-4/h10-11H,5-9H2,1-4H3,(H,15,16,17). The summed E-state index contributed by atoms with van der Waals surface area (Å²) < 4.78 is 15.9. The largest absolute Gasteiger partial charge is 0.477 e. The summed E-state index contributed by atoms with van der Waals surface area (Å²) in [5.41, 5.74) is 0. The predicted molar refractivity (Wildman–Crippen MR) is 78.5 cm³/mol. The van der Waals surface area contributed by atoms with Crippen molar-refractivity contribution in [1.29, 1.82) is 0 Å². The summed E-state index contributed by atoms with van der Waals surface area (Å²) in [6.07, 6.45) is 0.819. The van der Waals surface area contributed by atoms with E-state index in [0.717, 1.165) is 18.1 Å². The van der Waals surface area contributed by atoms with Crippen LogP contribution < -0.4 is 10.1 Å². The molecule has 0 bridgehead atoms. The van der Waals surface area contributed by atoms with Gasteiger partial charge in [0.2, 0.25) is 5.88 Å². The highest BCUT2D eigenvalue weighted by atomic mass is 16.5. The normalized spacial score (nSPS) is 10.8. The van der Waals surface area contributed by atoms with Crippen molar-refractivity contribution >= 4 is 5.82 Å². The smallest absolute Gasteiger partial charge is 0.218 e. The number of ether oxygens (including phenoxy) is 3. The Labute approximate surface area is 120 Å². The summed E-state index contributed by atoms with van der Waals surface area (Å²) >= 11 is 0. The Kier molecular flexibility index (Phi) is 7.91. The zero-order valence-electron chi connectivity index (χ0n) is 12.8. The van der Waals surface area contributed by atoms with Crippen LogP contribution in [0.1, 0.15) is 32.0 Å². The SMILES string of the molecule is CNc1cc(OCCCOCCOC)nc(C(C)C)n1. The van der Waals surface area contributed by atoms with Crippen LogP contribution >= 0.6 is 0 Å². The van der Waals surface area contributed by atoms with E-state index < -0.39 is 0 Å². The zero-order valence-corrected chi connectivity index (χ0v) is 12.8. The van der Waals surface area contributed by atoms with Crippen molar-refractivity contribution in [2.75, 3.05) is 45.9 Å². The maximum Gasteiger partial charge on any atom is 0.218 e. The minimum absolute atomic E-state index is 0.267. The van der Waals surface area contributed by atoms with Gasteiger partial charge in [-0.2, -0.15) is 4.98 Å². The minimum Gasteiger partial charge on any atom is -0.477 e. The Hall–Kier alpha value is -1.40. The van der Waals surface area contributed by atoms with Gasteiger partial charge in [-0.05, 0) is 0 Å². The highest BCUT2D eigenvalue weighted by Crippen LogP contribution is 2.18. The Morgan fingerprint density at radius 2 is 1.95 bits per heavy atom. The van der Waals surface area contributed by atoms with E-state index in [1.165, 1.54) is 0 Å². The molecule has 0 aliphatic rings. The Bertz CT molecular complexity index is 386. The van der Waals surface area contributed by atoms with Gasteiger partial charge in [-0.3, -0.25) is 0 Å². The fraction of sp³-hybridized carbons (Fsp3) is 0.714.